The van der Waals surface area contributed by atoms with Crippen LogP contribution in [0.5, 0.6) is 5.75 Å². The lowest BCUT2D eigenvalue weighted by atomic mass is 10.3. The highest BCUT2D eigenvalue weighted by atomic mass is 19.1. The highest BCUT2D eigenvalue weighted by molar-refractivity contribution is 5.35. The Morgan fingerprint density at radius 1 is 1.20 bits per heavy atom. The predicted octanol–water partition coefficient (Wildman–Crippen LogP) is 3.76. The van der Waals surface area contributed by atoms with E-state index in [4.69, 9.17) is 4.74 Å². The summed E-state index contributed by atoms with van der Waals surface area (Å²) in [5.41, 5.74) is 0.648. The number of aromatic nitrogens is 1. The van der Waals surface area contributed by atoms with Crippen molar-refractivity contribution in [3.63, 3.8) is 0 Å². The summed E-state index contributed by atoms with van der Waals surface area (Å²) in [6, 6.07) is 8.57. The first-order valence-electron chi connectivity index (χ1n) is 6.46. The predicted molar refractivity (Wildman–Crippen MR) is 73.7 cm³/mol. The Morgan fingerprint density at radius 2 is 2.05 bits per heavy atom. The number of rotatable bonds is 6. The van der Waals surface area contributed by atoms with Crippen LogP contribution in [0.2, 0.25) is 0 Å². The molecule has 1 aromatic heterocycles. The second-order valence-corrected chi connectivity index (χ2v) is 4.30. The highest BCUT2D eigenvalue weighted by Crippen LogP contribution is 2.19. The van der Waals surface area contributed by atoms with Gasteiger partial charge in [-0.05, 0) is 30.7 Å². The smallest absolute Gasteiger partial charge is 0.165 e. The molecular weight excluding hydrogens is 262 g/mol. The quantitative estimate of drug-likeness (QED) is 0.873. The first kappa shape index (κ1) is 14.2. The van der Waals surface area contributed by atoms with Crippen molar-refractivity contribution in [2.24, 2.45) is 0 Å². The molecule has 2 rings (SSSR count). The van der Waals surface area contributed by atoms with Gasteiger partial charge in [0.15, 0.2) is 11.6 Å². The number of nitrogens with one attached hydrogen (secondary N) is 1. The maximum Gasteiger partial charge on any atom is 0.165 e. The van der Waals surface area contributed by atoms with Crippen LogP contribution in [0.1, 0.15) is 19.0 Å². The molecule has 0 radical (unpaired) electrons. The van der Waals surface area contributed by atoms with Crippen molar-refractivity contribution >= 4 is 5.82 Å². The summed E-state index contributed by atoms with van der Waals surface area (Å²) in [7, 11) is 0. The molecule has 0 unspecified atom stereocenters. The van der Waals surface area contributed by atoms with E-state index in [9.17, 15) is 8.78 Å². The van der Waals surface area contributed by atoms with Gasteiger partial charge in [-0.3, -0.25) is 0 Å². The number of pyridine rings is 1. The van der Waals surface area contributed by atoms with Crippen molar-refractivity contribution in [2.75, 3.05) is 11.9 Å². The Kier molecular flexibility index (Phi) is 4.87. The normalized spacial score (nSPS) is 10.3. The SMILES string of the molecule is CCCNc1cccc(COc2cc(F)ccc2F)n1. The minimum absolute atomic E-state index is 0.0853. The second kappa shape index (κ2) is 6.84. The van der Waals surface area contributed by atoms with Crippen LogP contribution in [-0.2, 0) is 6.61 Å². The van der Waals surface area contributed by atoms with Crippen LogP contribution in [0.25, 0.3) is 0 Å². The van der Waals surface area contributed by atoms with Gasteiger partial charge in [0.1, 0.15) is 18.2 Å². The van der Waals surface area contributed by atoms with Gasteiger partial charge in [-0.1, -0.05) is 13.0 Å². The molecule has 0 fully saturated rings. The molecule has 1 aromatic carbocycles. The molecule has 0 aliphatic heterocycles. The van der Waals surface area contributed by atoms with Crippen LogP contribution in [-0.4, -0.2) is 11.5 Å². The fraction of sp³-hybridized carbons (Fsp3) is 0.267. The van der Waals surface area contributed by atoms with E-state index in [-0.39, 0.29) is 12.4 Å². The second-order valence-electron chi connectivity index (χ2n) is 4.30. The third-order valence-electron chi connectivity index (χ3n) is 2.63. The first-order chi connectivity index (χ1) is 9.69. The largest absolute Gasteiger partial charge is 0.484 e. The minimum Gasteiger partial charge on any atom is -0.484 e. The fourth-order valence-electron chi connectivity index (χ4n) is 1.65. The molecule has 106 valence electrons. The summed E-state index contributed by atoms with van der Waals surface area (Å²) < 4.78 is 31.7. The fourth-order valence-corrected chi connectivity index (χ4v) is 1.65. The number of nitrogens with zero attached hydrogens (tertiary/aromatic N) is 1. The van der Waals surface area contributed by atoms with Crippen LogP contribution in [0.3, 0.4) is 0 Å². The number of hydrogen-bond donors (Lipinski definition) is 1. The zero-order valence-corrected chi connectivity index (χ0v) is 11.2. The van der Waals surface area contributed by atoms with Gasteiger partial charge in [0, 0.05) is 12.6 Å². The number of halogens is 2. The standard InChI is InChI=1S/C15H16F2N2O/c1-2-8-18-15-5-3-4-12(19-15)10-20-14-9-11(16)6-7-13(14)17/h3-7,9H,2,8,10H2,1H3,(H,18,19). The van der Waals surface area contributed by atoms with Gasteiger partial charge in [0.25, 0.3) is 0 Å². The van der Waals surface area contributed by atoms with E-state index in [0.717, 1.165) is 37.0 Å². The summed E-state index contributed by atoms with van der Waals surface area (Å²) >= 11 is 0. The molecule has 0 saturated carbocycles. The summed E-state index contributed by atoms with van der Waals surface area (Å²) in [4.78, 5) is 4.33. The molecule has 0 bridgehead atoms. The third-order valence-corrected chi connectivity index (χ3v) is 2.63. The average Bonchev–Trinajstić information content (AvgIpc) is 2.46. The van der Waals surface area contributed by atoms with E-state index < -0.39 is 11.6 Å². The number of ether oxygens (including phenoxy) is 1. The highest BCUT2D eigenvalue weighted by Gasteiger charge is 2.06. The van der Waals surface area contributed by atoms with E-state index in [0.29, 0.717) is 5.69 Å². The van der Waals surface area contributed by atoms with Crippen molar-refractivity contribution in [1.29, 1.82) is 0 Å². The molecule has 0 aliphatic rings. The molecule has 3 nitrogen and oxygen atoms in total. The third kappa shape index (κ3) is 3.91. The van der Waals surface area contributed by atoms with Crippen LogP contribution < -0.4 is 10.1 Å². The van der Waals surface area contributed by atoms with Crippen molar-refractivity contribution in [2.45, 2.75) is 20.0 Å². The Labute approximate surface area is 116 Å². The molecular formula is C15H16F2N2O. The molecule has 5 heteroatoms. The van der Waals surface area contributed by atoms with Gasteiger partial charge >= 0.3 is 0 Å². The molecule has 0 saturated heterocycles. The summed E-state index contributed by atoms with van der Waals surface area (Å²) in [6.45, 7) is 2.98. The first-order valence-corrected chi connectivity index (χ1v) is 6.46. The van der Waals surface area contributed by atoms with Crippen molar-refractivity contribution < 1.29 is 13.5 Å². The molecule has 0 atom stereocenters. The zero-order valence-electron chi connectivity index (χ0n) is 11.2. The summed E-state index contributed by atoms with van der Waals surface area (Å²) in [5.74, 6) is -0.495. The van der Waals surface area contributed by atoms with E-state index in [1.807, 2.05) is 12.1 Å². The number of anilines is 1. The lowest BCUT2D eigenvalue weighted by Gasteiger charge is -2.09. The van der Waals surface area contributed by atoms with E-state index >= 15 is 0 Å². The molecule has 20 heavy (non-hydrogen) atoms. The summed E-state index contributed by atoms with van der Waals surface area (Å²) in [5, 5.41) is 3.15. The van der Waals surface area contributed by atoms with Gasteiger partial charge in [-0.15, -0.1) is 0 Å². The van der Waals surface area contributed by atoms with Crippen LogP contribution in [0.15, 0.2) is 36.4 Å². The van der Waals surface area contributed by atoms with Gasteiger partial charge in [0.2, 0.25) is 0 Å². The Balaban J connectivity index is 2.01. The maximum absolute atomic E-state index is 13.4. The lowest BCUT2D eigenvalue weighted by Crippen LogP contribution is -2.05. The van der Waals surface area contributed by atoms with Gasteiger partial charge in [-0.25, -0.2) is 13.8 Å². The Hall–Kier alpha value is -2.17. The van der Waals surface area contributed by atoms with Gasteiger partial charge in [0.05, 0.1) is 5.69 Å². The topological polar surface area (TPSA) is 34.1 Å². The Morgan fingerprint density at radius 3 is 2.85 bits per heavy atom. The summed E-state index contributed by atoms with van der Waals surface area (Å²) in [6.07, 6.45) is 0.997. The van der Waals surface area contributed by atoms with Crippen LogP contribution in [0, 0.1) is 11.6 Å². The van der Waals surface area contributed by atoms with Crippen molar-refractivity contribution in [3.8, 4) is 5.75 Å². The van der Waals surface area contributed by atoms with E-state index in [2.05, 4.69) is 17.2 Å². The molecule has 0 amide bonds. The van der Waals surface area contributed by atoms with Crippen molar-refractivity contribution in [1.82, 2.24) is 4.98 Å². The minimum atomic E-state index is -0.591. The molecule has 1 heterocycles. The van der Waals surface area contributed by atoms with Crippen molar-refractivity contribution in [3.05, 3.63) is 53.7 Å². The molecule has 0 aliphatic carbocycles. The van der Waals surface area contributed by atoms with E-state index in [1.165, 1.54) is 0 Å². The molecule has 1 N–H and O–H groups in total. The average molecular weight is 278 g/mol. The van der Waals surface area contributed by atoms with E-state index in [1.54, 1.807) is 6.07 Å². The molecule has 0 spiro atoms. The van der Waals surface area contributed by atoms with Crippen LogP contribution >= 0.6 is 0 Å². The van der Waals surface area contributed by atoms with Gasteiger partial charge in [-0.2, -0.15) is 0 Å². The number of hydrogen-bond acceptors (Lipinski definition) is 3. The maximum atomic E-state index is 13.4. The lowest BCUT2D eigenvalue weighted by molar-refractivity contribution is 0.284. The van der Waals surface area contributed by atoms with Gasteiger partial charge < -0.3 is 10.1 Å². The van der Waals surface area contributed by atoms with Crippen LogP contribution in [0.4, 0.5) is 14.6 Å². The zero-order chi connectivity index (χ0) is 14.4. The number of benzene rings is 1. The molecule has 2 aromatic rings. The monoisotopic (exact) mass is 278 g/mol. The Bertz CT molecular complexity index is 576.